The third-order valence-corrected chi connectivity index (χ3v) is 3.09. The van der Waals surface area contributed by atoms with E-state index >= 15 is 0 Å². The highest BCUT2D eigenvalue weighted by molar-refractivity contribution is 9.10. The molecule has 0 radical (unpaired) electrons. The Morgan fingerprint density at radius 2 is 2.27 bits per heavy atom. The molecule has 15 heavy (non-hydrogen) atoms. The Hall–Kier alpha value is -0.720. The van der Waals surface area contributed by atoms with Gasteiger partial charge in [0.1, 0.15) is 10.8 Å². The zero-order valence-electron chi connectivity index (χ0n) is 7.35. The SMILES string of the molecule is ClCc1nnc(Oc2cncc(Br)c2)s1. The van der Waals surface area contributed by atoms with Gasteiger partial charge in [0.2, 0.25) is 0 Å². The van der Waals surface area contributed by atoms with E-state index in [1.807, 2.05) is 0 Å². The summed E-state index contributed by atoms with van der Waals surface area (Å²) in [6.07, 6.45) is 3.28. The molecule has 0 bridgehead atoms. The molecule has 4 nitrogen and oxygen atoms in total. The average molecular weight is 307 g/mol. The number of alkyl halides is 1. The number of halogens is 2. The second-order valence-electron chi connectivity index (χ2n) is 2.54. The molecule has 7 heteroatoms. The van der Waals surface area contributed by atoms with Gasteiger partial charge in [-0.1, -0.05) is 16.4 Å². The third kappa shape index (κ3) is 2.87. The van der Waals surface area contributed by atoms with Gasteiger partial charge in [-0.25, -0.2) is 0 Å². The summed E-state index contributed by atoms with van der Waals surface area (Å²) in [6, 6.07) is 1.80. The Balaban J connectivity index is 2.14. The Morgan fingerprint density at radius 1 is 1.40 bits per heavy atom. The van der Waals surface area contributed by atoms with Gasteiger partial charge >= 0.3 is 0 Å². The van der Waals surface area contributed by atoms with Crippen molar-refractivity contribution in [3.8, 4) is 10.9 Å². The van der Waals surface area contributed by atoms with Crippen LogP contribution in [0.5, 0.6) is 10.9 Å². The molecular formula is C8H5BrClN3OS. The zero-order chi connectivity index (χ0) is 10.7. The molecule has 0 aliphatic heterocycles. The maximum atomic E-state index is 5.60. The van der Waals surface area contributed by atoms with Crippen molar-refractivity contribution in [3.63, 3.8) is 0 Å². The zero-order valence-corrected chi connectivity index (χ0v) is 10.5. The Labute approximate surface area is 103 Å². The highest BCUT2D eigenvalue weighted by atomic mass is 79.9. The lowest BCUT2D eigenvalue weighted by Gasteiger charge is -1.99. The smallest absolute Gasteiger partial charge is 0.299 e. The van der Waals surface area contributed by atoms with Crippen molar-refractivity contribution in [2.24, 2.45) is 0 Å². The van der Waals surface area contributed by atoms with Crippen LogP contribution in [-0.2, 0) is 5.88 Å². The highest BCUT2D eigenvalue weighted by Gasteiger charge is 2.05. The molecule has 0 amide bonds. The molecule has 2 aromatic heterocycles. The molecule has 0 atom stereocenters. The average Bonchev–Trinajstić information content (AvgIpc) is 2.65. The summed E-state index contributed by atoms with van der Waals surface area (Å²) in [5.41, 5.74) is 0. The van der Waals surface area contributed by atoms with Crippen molar-refractivity contribution in [2.45, 2.75) is 5.88 Å². The van der Waals surface area contributed by atoms with Crippen molar-refractivity contribution >= 4 is 38.9 Å². The number of rotatable bonds is 3. The lowest BCUT2D eigenvalue weighted by Crippen LogP contribution is -1.84. The van der Waals surface area contributed by atoms with E-state index in [1.54, 1.807) is 18.5 Å². The number of aromatic nitrogens is 3. The number of hydrogen-bond acceptors (Lipinski definition) is 5. The first-order valence-corrected chi connectivity index (χ1v) is 6.09. The van der Waals surface area contributed by atoms with E-state index in [2.05, 4.69) is 31.1 Å². The van der Waals surface area contributed by atoms with Crippen LogP contribution >= 0.6 is 38.9 Å². The molecule has 0 fully saturated rings. The molecular weight excluding hydrogens is 302 g/mol. The monoisotopic (exact) mass is 305 g/mol. The largest absolute Gasteiger partial charge is 0.428 e. The predicted molar refractivity (Wildman–Crippen MR) is 61.5 cm³/mol. The summed E-state index contributed by atoms with van der Waals surface area (Å²) in [5.74, 6) is 0.958. The summed E-state index contributed by atoms with van der Waals surface area (Å²) < 4.78 is 6.28. The van der Waals surface area contributed by atoms with Gasteiger partial charge < -0.3 is 4.74 Å². The topological polar surface area (TPSA) is 47.9 Å². The van der Waals surface area contributed by atoms with E-state index in [4.69, 9.17) is 16.3 Å². The number of hydrogen-bond donors (Lipinski definition) is 0. The van der Waals surface area contributed by atoms with E-state index in [0.29, 0.717) is 16.8 Å². The molecule has 0 aliphatic carbocycles. The molecule has 78 valence electrons. The van der Waals surface area contributed by atoms with Gasteiger partial charge in [-0.2, -0.15) is 0 Å². The van der Waals surface area contributed by atoms with Crippen molar-refractivity contribution in [1.82, 2.24) is 15.2 Å². The predicted octanol–water partition coefficient (Wildman–Crippen LogP) is 3.23. The molecule has 0 aliphatic rings. The summed E-state index contributed by atoms with van der Waals surface area (Å²) in [7, 11) is 0. The van der Waals surface area contributed by atoms with Crippen LogP contribution in [0.3, 0.4) is 0 Å². The van der Waals surface area contributed by atoms with Crippen LogP contribution in [-0.4, -0.2) is 15.2 Å². The van der Waals surface area contributed by atoms with Crippen LogP contribution in [0.25, 0.3) is 0 Å². The molecule has 0 saturated carbocycles. The molecule has 0 N–H and O–H groups in total. The summed E-state index contributed by atoms with van der Waals surface area (Å²) in [6.45, 7) is 0. The van der Waals surface area contributed by atoms with E-state index in [1.165, 1.54) is 11.3 Å². The summed E-state index contributed by atoms with van der Waals surface area (Å²) >= 11 is 10.2. The van der Waals surface area contributed by atoms with Crippen molar-refractivity contribution in [2.75, 3.05) is 0 Å². The normalized spacial score (nSPS) is 10.3. The highest BCUT2D eigenvalue weighted by Crippen LogP contribution is 2.26. The van der Waals surface area contributed by atoms with Crippen molar-refractivity contribution < 1.29 is 4.74 Å². The first-order valence-electron chi connectivity index (χ1n) is 3.94. The standard InChI is InChI=1S/C8H5BrClN3OS/c9-5-1-6(4-11-3-5)14-8-13-12-7(2-10)15-8/h1,3-4H,2H2. The summed E-state index contributed by atoms with van der Waals surface area (Å²) in [4.78, 5) is 3.97. The van der Waals surface area contributed by atoms with Gasteiger partial charge in [-0.3, -0.25) is 4.98 Å². The minimum atomic E-state index is 0.345. The minimum absolute atomic E-state index is 0.345. The van der Waals surface area contributed by atoms with Gasteiger partial charge in [-0.05, 0) is 22.0 Å². The van der Waals surface area contributed by atoms with Gasteiger partial charge in [0.25, 0.3) is 5.19 Å². The van der Waals surface area contributed by atoms with Gasteiger partial charge in [0.05, 0.1) is 12.1 Å². The fourth-order valence-electron chi connectivity index (χ4n) is 0.882. The quantitative estimate of drug-likeness (QED) is 0.817. The van der Waals surface area contributed by atoms with Crippen molar-refractivity contribution in [3.05, 3.63) is 27.9 Å². The number of ether oxygens (including phenoxy) is 1. The second-order valence-corrected chi connectivity index (χ2v) is 4.74. The lowest BCUT2D eigenvalue weighted by molar-refractivity contribution is 0.470. The Bertz CT molecular complexity index is 465. The first kappa shape index (κ1) is 10.8. The minimum Gasteiger partial charge on any atom is -0.428 e. The molecule has 2 rings (SSSR count). The van der Waals surface area contributed by atoms with E-state index in [-0.39, 0.29) is 0 Å². The van der Waals surface area contributed by atoms with E-state index in [0.717, 1.165) is 9.48 Å². The Morgan fingerprint density at radius 3 is 2.93 bits per heavy atom. The van der Waals surface area contributed by atoms with Crippen LogP contribution in [0, 0.1) is 0 Å². The second kappa shape index (κ2) is 4.87. The molecule has 2 aromatic rings. The van der Waals surface area contributed by atoms with Crippen LogP contribution in [0.2, 0.25) is 0 Å². The molecule has 2 heterocycles. The van der Waals surface area contributed by atoms with Gasteiger partial charge in [-0.15, -0.1) is 16.7 Å². The van der Waals surface area contributed by atoms with Crippen LogP contribution in [0.4, 0.5) is 0 Å². The van der Waals surface area contributed by atoms with E-state index in [9.17, 15) is 0 Å². The first-order chi connectivity index (χ1) is 7.28. The Kier molecular flexibility index (Phi) is 3.50. The summed E-state index contributed by atoms with van der Waals surface area (Å²) in [5, 5.41) is 8.86. The van der Waals surface area contributed by atoms with Crippen LogP contribution in [0.1, 0.15) is 5.01 Å². The van der Waals surface area contributed by atoms with E-state index < -0.39 is 0 Å². The number of nitrogens with zero attached hydrogens (tertiary/aromatic N) is 3. The maximum absolute atomic E-state index is 5.60. The lowest BCUT2D eigenvalue weighted by atomic mass is 10.5. The third-order valence-electron chi connectivity index (χ3n) is 1.45. The van der Waals surface area contributed by atoms with Crippen LogP contribution in [0.15, 0.2) is 22.9 Å². The fraction of sp³-hybridized carbons (Fsp3) is 0.125. The van der Waals surface area contributed by atoms with Gasteiger partial charge in [0.15, 0.2) is 0 Å². The molecule has 0 aromatic carbocycles. The molecule has 0 unspecified atom stereocenters. The van der Waals surface area contributed by atoms with Crippen LogP contribution < -0.4 is 4.74 Å². The number of pyridine rings is 1. The fourth-order valence-corrected chi connectivity index (χ4v) is 2.00. The molecule has 0 spiro atoms. The maximum Gasteiger partial charge on any atom is 0.299 e. The van der Waals surface area contributed by atoms with Gasteiger partial charge in [0, 0.05) is 10.7 Å². The molecule has 0 saturated heterocycles. The van der Waals surface area contributed by atoms with Crippen molar-refractivity contribution in [1.29, 1.82) is 0 Å².